The van der Waals surface area contributed by atoms with E-state index in [0.29, 0.717) is 6.04 Å². The first-order valence-electron chi connectivity index (χ1n) is 6.05. The molecule has 1 N–H and O–H groups in total. The molecule has 0 saturated carbocycles. The highest BCUT2D eigenvalue weighted by atomic mass is 32.1. The lowest BCUT2D eigenvalue weighted by atomic mass is 10.1. The molecule has 5 heteroatoms. The average Bonchev–Trinajstić information content (AvgIpc) is 2.73. The summed E-state index contributed by atoms with van der Waals surface area (Å²) in [5, 5.41) is 4.67. The van der Waals surface area contributed by atoms with E-state index < -0.39 is 0 Å². The number of likely N-dealkylation sites (tertiary alicyclic amines) is 1. The SMILES string of the molecule is CC(=O)N1CCC(NCc2ncc(C)s2)CC1. The van der Waals surface area contributed by atoms with Gasteiger partial charge in [0.05, 0.1) is 0 Å². The first-order valence-corrected chi connectivity index (χ1v) is 6.87. The number of nitrogens with one attached hydrogen (secondary N) is 1. The highest BCUT2D eigenvalue weighted by Gasteiger charge is 2.20. The van der Waals surface area contributed by atoms with Crippen molar-refractivity contribution in [1.82, 2.24) is 15.2 Å². The van der Waals surface area contributed by atoms with Gasteiger partial charge in [-0.25, -0.2) is 4.98 Å². The van der Waals surface area contributed by atoms with E-state index in [-0.39, 0.29) is 5.91 Å². The molecule has 4 nitrogen and oxygen atoms in total. The molecule has 1 fully saturated rings. The zero-order chi connectivity index (χ0) is 12.3. The summed E-state index contributed by atoms with van der Waals surface area (Å²) in [6.45, 7) is 6.33. The molecular formula is C12H19N3OS. The number of hydrogen-bond acceptors (Lipinski definition) is 4. The number of aromatic nitrogens is 1. The number of carbonyl (C=O) groups excluding carboxylic acids is 1. The minimum Gasteiger partial charge on any atom is -0.343 e. The summed E-state index contributed by atoms with van der Waals surface area (Å²) in [7, 11) is 0. The van der Waals surface area contributed by atoms with Gasteiger partial charge in [-0.05, 0) is 19.8 Å². The van der Waals surface area contributed by atoms with Gasteiger partial charge in [-0.3, -0.25) is 4.79 Å². The van der Waals surface area contributed by atoms with Crippen LogP contribution in [0.2, 0.25) is 0 Å². The van der Waals surface area contributed by atoms with Crippen LogP contribution in [-0.4, -0.2) is 34.9 Å². The predicted octanol–water partition coefficient (Wildman–Crippen LogP) is 1.55. The molecule has 0 spiro atoms. The van der Waals surface area contributed by atoms with Crippen LogP contribution in [0.4, 0.5) is 0 Å². The average molecular weight is 253 g/mol. The summed E-state index contributed by atoms with van der Waals surface area (Å²) in [6.07, 6.45) is 4.01. The number of carbonyl (C=O) groups is 1. The summed E-state index contributed by atoms with van der Waals surface area (Å²) < 4.78 is 0. The van der Waals surface area contributed by atoms with E-state index in [0.717, 1.165) is 37.5 Å². The Kier molecular flexibility index (Phi) is 4.12. The van der Waals surface area contributed by atoms with Gasteiger partial charge < -0.3 is 10.2 Å². The Labute approximate surface area is 106 Å². The molecule has 0 radical (unpaired) electrons. The Balaban J connectivity index is 1.73. The van der Waals surface area contributed by atoms with Crippen molar-refractivity contribution >= 4 is 17.2 Å². The van der Waals surface area contributed by atoms with E-state index in [1.54, 1.807) is 18.3 Å². The first-order chi connectivity index (χ1) is 8.15. The van der Waals surface area contributed by atoms with E-state index in [2.05, 4.69) is 17.2 Å². The third-order valence-electron chi connectivity index (χ3n) is 3.15. The molecule has 0 atom stereocenters. The molecule has 94 valence electrons. The van der Waals surface area contributed by atoms with Crippen molar-refractivity contribution in [2.45, 2.75) is 39.3 Å². The third kappa shape index (κ3) is 3.51. The standard InChI is InChI=1S/C12H19N3OS/c1-9-7-14-12(17-9)8-13-11-3-5-15(6-4-11)10(2)16/h7,11,13H,3-6,8H2,1-2H3. The molecule has 17 heavy (non-hydrogen) atoms. The van der Waals surface area contributed by atoms with Crippen LogP contribution < -0.4 is 5.32 Å². The quantitative estimate of drug-likeness (QED) is 0.889. The molecule has 1 aliphatic rings. The molecule has 1 aromatic heterocycles. The van der Waals surface area contributed by atoms with Crippen LogP contribution >= 0.6 is 11.3 Å². The largest absolute Gasteiger partial charge is 0.343 e. The van der Waals surface area contributed by atoms with E-state index in [4.69, 9.17) is 0 Å². The number of amides is 1. The molecule has 2 heterocycles. The van der Waals surface area contributed by atoms with Gasteiger partial charge in [0.1, 0.15) is 5.01 Å². The van der Waals surface area contributed by atoms with Crippen molar-refractivity contribution in [2.75, 3.05) is 13.1 Å². The van der Waals surface area contributed by atoms with E-state index in [1.807, 2.05) is 11.1 Å². The lowest BCUT2D eigenvalue weighted by Crippen LogP contribution is -2.43. The van der Waals surface area contributed by atoms with Gasteiger partial charge in [-0.1, -0.05) is 0 Å². The number of rotatable bonds is 3. The van der Waals surface area contributed by atoms with Crippen LogP contribution in [0.25, 0.3) is 0 Å². The lowest BCUT2D eigenvalue weighted by Gasteiger charge is -2.31. The highest BCUT2D eigenvalue weighted by Crippen LogP contribution is 2.14. The van der Waals surface area contributed by atoms with Gasteiger partial charge >= 0.3 is 0 Å². The molecule has 2 rings (SSSR count). The Morgan fingerprint density at radius 2 is 2.29 bits per heavy atom. The zero-order valence-corrected chi connectivity index (χ0v) is 11.2. The van der Waals surface area contributed by atoms with Crippen molar-refractivity contribution in [3.05, 3.63) is 16.1 Å². The number of piperidine rings is 1. The summed E-state index contributed by atoms with van der Waals surface area (Å²) in [6, 6.07) is 0.523. The molecule has 0 unspecified atom stereocenters. The number of aryl methyl sites for hydroxylation is 1. The van der Waals surface area contributed by atoms with Gasteiger partial charge in [0, 0.05) is 43.7 Å². The van der Waals surface area contributed by atoms with Gasteiger partial charge in [0.15, 0.2) is 0 Å². The second-order valence-electron chi connectivity index (χ2n) is 4.53. The molecule has 0 bridgehead atoms. The molecule has 1 amide bonds. The molecule has 1 aliphatic heterocycles. The second kappa shape index (κ2) is 5.60. The fourth-order valence-corrected chi connectivity index (χ4v) is 2.85. The fraction of sp³-hybridized carbons (Fsp3) is 0.667. The molecular weight excluding hydrogens is 234 g/mol. The molecule has 1 saturated heterocycles. The topological polar surface area (TPSA) is 45.2 Å². The van der Waals surface area contributed by atoms with E-state index >= 15 is 0 Å². The van der Waals surface area contributed by atoms with Gasteiger partial charge in [-0.2, -0.15) is 0 Å². The number of thiazole rings is 1. The summed E-state index contributed by atoms with van der Waals surface area (Å²) in [4.78, 5) is 18.7. The maximum Gasteiger partial charge on any atom is 0.219 e. The summed E-state index contributed by atoms with van der Waals surface area (Å²) >= 11 is 1.74. The van der Waals surface area contributed by atoms with Gasteiger partial charge in [-0.15, -0.1) is 11.3 Å². The van der Waals surface area contributed by atoms with Crippen molar-refractivity contribution in [3.63, 3.8) is 0 Å². The number of nitrogens with zero attached hydrogens (tertiary/aromatic N) is 2. The van der Waals surface area contributed by atoms with Crippen molar-refractivity contribution in [1.29, 1.82) is 0 Å². The van der Waals surface area contributed by atoms with E-state index in [1.165, 1.54) is 4.88 Å². The van der Waals surface area contributed by atoms with Gasteiger partial charge in [0.2, 0.25) is 5.91 Å². The van der Waals surface area contributed by atoms with Crippen LogP contribution in [0.3, 0.4) is 0 Å². The minimum absolute atomic E-state index is 0.194. The summed E-state index contributed by atoms with van der Waals surface area (Å²) in [5.74, 6) is 0.194. The highest BCUT2D eigenvalue weighted by molar-refractivity contribution is 7.11. The molecule has 0 aromatic carbocycles. The Morgan fingerprint density at radius 1 is 1.59 bits per heavy atom. The van der Waals surface area contributed by atoms with Crippen molar-refractivity contribution < 1.29 is 4.79 Å². The third-order valence-corrected chi connectivity index (χ3v) is 4.06. The fourth-order valence-electron chi connectivity index (χ4n) is 2.11. The van der Waals surface area contributed by atoms with Crippen LogP contribution in [0.5, 0.6) is 0 Å². The normalized spacial score (nSPS) is 17.4. The molecule has 0 aliphatic carbocycles. The van der Waals surface area contributed by atoms with Crippen LogP contribution in [-0.2, 0) is 11.3 Å². The summed E-state index contributed by atoms with van der Waals surface area (Å²) in [5.41, 5.74) is 0. The minimum atomic E-state index is 0.194. The smallest absolute Gasteiger partial charge is 0.219 e. The Hall–Kier alpha value is -0.940. The van der Waals surface area contributed by atoms with Crippen molar-refractivity contribution in [2.24, 2.45) is 0 Å². The lowest BCUT2D eigenvalue weighted by molar-refractivity contribution is -0.129. The van der Waals surface area contributed by atoms with Crippen LogP contribution in [0, 0.1) is 6.92 Å². The first kappa shape index (κ1) is 12.5. The van der Waals surface area contributed by atoms with Crippen LogP contribution in [0.1, 0.15) is 29.7 Å². The zero-order valence-electron chi connectivity index (χ0n) is 10.4. The Bertz CT molecular complexity index is 383. The number of hydrogen-bond donors (Lipinski definition) is 1. The second-order valence-corrected chi connectivity index (χ2v) is 5.85. The van der Waals surface area contributed by atoms with Crippen molar-refractivity contribution in [3.8, 4) is 0 Å². The maximum atomic E-state index is 11.2. The van der Waals surface area contributed by atoms with E-state index in [9.17, 15) is 4.79 Å². The van der Waals surface area contributed by atoms with Gasteiger partial charge in [0.25, 0.3) is 0 Å². The Morgan fingerprint density at radius 3 is 2.82 bits per heavy atom. The predicted molar refractivity (Wildman–Crippen MR) is 69.0 cm³/mol. The maximum absolute atomic E-state index is 11.2. The monoisotopic (exact) mass is 253 g/mol. The van der Waals surface area contributed by atoms with Crippen LogP contribution in [0.15, 0.2) is 6.20 Å². The molecule has 1 aromatic rings.